The summed E-state index contributed by atoms with van der Waals surface area (Å²) in [6.07, 6.45) is 0.985. The Bertz CT molecular complexity index is 737. The van der Waals surface area contributed by atoms with E-state index in [2.05, 4.69) is 9.71 Å². The summed E-state index contributed by atoms with van der Waals surface area (Å²) >= 11 is 5.78. The van der Waals surface area contributed by atoms with Gasteiger partial charge in [0.05, 0.1) is 6.26 Å². The number of H-pyrrole nitrogens is 1. The Morgan fingerprint density at radius 2 is 2.00 bits per heavy atom. The van der Waals surface area contributed by atoms with E-state index < -0.39 is 15.6 Å². The lowest BCUT2D eigenvalue weighted by atomic mass is 10.2. The minimum atomic E-state index is -3.47. The number of nitrogens with one attached hydrogen (secondary N) is 2. The molecule has 2 N–H and O–H groups in total. The number of hydrogen-bond acceptors (Lipinski definition) is 3. The molecule has 0 aliphatic carbocycles. The minimum absolute atomic E-state index is 0.0117. The molecule has 17 heavy (non-hydrogen) atoms. The molecule has 0 spiro atoms. The third-order valence-corrected chi connectivity index (χ3v) is 2.93. The number of fused-ring (bicyclic) bond motifs is 1. The Hall–Kier alpha value is -1.53. The van der Waals surface area contributed by atoms with Gasteiger partial charge in [0.1, 0.15) is 5.69 Å². The zero-order valence-corrected chi connectivity index (χ0v) is 10.4. The van der Waals surface area contributed by atoms with Gasteiger partial charge in [0.25, 0.3) is 5.56 Å². The predicted molar refractivity (Wildman–Crippen MR) is 68.0 cm³/mol. The molecule has 5 nitrogen and oxygen atoms in total. The van der Waals surface area contributed by atoms with Crippen LogP contribution in [0.25, 0.3) is 10.9 Å². The zero-order valence-electron chi connectivity index (χ0n) is 8.82. The van der Waals surface area contributed by atoms with E-state index in [1.165, 1.54) is 6.07 Å². The molecule has 1 heterocycles. The van der Waals surface area contributed by atoms with E-state index in [4.69, 9.17) is 11.6 Å². The summed E-state index contributed by atoms with van der Waals surface area (Å²) in [4.78, 5) is 14.2. The first-order valence-corrected chi connectivity index (χ1v) is 6.92. The standard InChI is InChI=1S/C10H9ClN2O3S/c1-17(15,16)13-9-4-6-2-3-7(11)5-8(6)12-10(9)14/h2-5,13H,1H3,(H,12,14). The fourth-order valence-electron chi connectivity index (χ4n) is 1.45. The average molecular weight is 273 g/mol. The number of aromatic amines is 1. The minimum Gasteiger partial charge on any atom is -0.320 e. The van der Waals surface area contributed by atoms with Gasteiger partial charge in [0.2, 0.25) is 10.0 Å². The predicted octanol–water partition coefficient (Wildman–Crippen LogP) is 1.55. The van der Waals surface area contributed by atoms with E-state index in [1.807, 2.05) is 0 Å². The van der Waals surface area contributed by atoms with Crippen molar-refractivity contribution < 1.29 is 8.42 Å². The van der Waals surface area contributed by atoms with E-state index in [-0.39, 0.29) is 5.69 Å². The highest BCUT2D eigenvalue weighted by Crippen LogP contribution is 2.18. The lowest BCUT2D eigenvalue weighted by Crippen LogP contribution is -2.18. The maximum atomic E-state index is 11.6. The summed E-state index contributed by atoms with van der Waals surface area (Å²) in [5.74, 6) is 0. The van der Waals surface area contributed by atoms with Crippen LogP contribution in [0.15, 0.2) is 29.1 Å². The number of anilines is 1. The molecule has 0 saturated heterocycles. The van der Waals surface area contributed by atoms with Crippen molar-refractivity contribution in [2.24, 2.45) is 0 Å². The lowest BCUT2D eigenvalue weighted by Gasteiger charge is -2.04. The summed E-state index contributed by atoms with van der Waals surface area (Å²) in [5.41, 5.74) is 0.0362. The van der Waals surface area contributed by atoms with Gasteiger partial charge >= 0.3 is 0 Å². The first-order valence-electron chi connectivity index (χ1n) is 4.65. The highest BCUT2D eigenvalue weighted by atomic mass is 35.5. The van der Waals surface area contributed by atoms with Gasteiger partial charge in [-0.25, -0.2) is 8.42 Å². The molecule has 0 aliphatic heterocycles. The molecule has 7 heteroatoms. The molecule has 2 rings (SSSR count). The maximum absolute atomic E-state index is 11.6. The molecule has 0 unspecified atom stereocenters. The smallest absolute Gasteiger partial charge is 0.272 e. The van der Waals surface area contributed by atoms with Crippen LogP contribution < -0.4 is 10.3 Å². The van der Waals surface area contributed by atoms with Gasteiger partial charge in [-0.2, -0.15) is 0 Å². The highest BCUT2D eigenvalue weighted by molar-refractivity contribution is 7.92. The molecular formula is C10H9ClN2O3S. The summed E-state index contributed by atoms with van der Waals surface area (Å²) in [6, 6.07) is 6.42. The van der Waals surface area contributed by atoms with Crippen molar-refractivity contribution >= 4 is 38.2 Å². The Balaban J connectivity index is 2.64. The van der Waals surface area contributed by atoms with Crippen molar-refractivity contribution in [1.29, 1.82) is 0 Å². The lowest BCUT2D eigenvalue weighted by molar-refractivity contribution is 0.606. The number of rotatable bonds is 2. The quantitative estimate of drug-likeness (QED) is 0.871. The summed E-state index contributed by atoms with van der Waals surface area (Å²) in [6.45, 7) is 0. The monoisotopic (exact) mass is 272 g/mol. The number of hydrogen-bond donors (Lipinski definition) is 2. The van der Waals surface area contributed by atoms with Gasteiger partial charge in [-0.1, -0.05) is 17.7 Å². The van der Waals surface area contributed by atoms with Crippen molar-refractivity contribution in [2.45, 2.75) is 0 Å². The fraction of sp³-hybridized carbons (Fsp3) is 0.100. The molecule has 0 fully saturated rings. The van der Waals surface area contributed by atoms with Crippen LogP contribution in [0.3, 0.4) is 0 Å². The molecule has 90 valence electrons. The van der Waals surface area contributed by atoms with E-state index in [9.17, 15) is 13.2 Å². The SMILES string of the molecule is CS(=O)(=O)Nc1cc2ccc(Cl)cc2[nH]c1=O. The van der Waals surface area contributed by atoms with Crippen LogP contribution in [-0.2, 0) is 10.0 Å². The Labute approximate surface area is 102 Å². The van der Waals surface area contributed by atoms with Crippen LogP contribution in [-0.4, -0.2) is 19.7 Å². The number of aromatic nitrogens is 1. The molecule has 2 aromatic rings. The molecule has 0 aliphatic rings. The van der Waals surface area contributed by atoms with Crippen LogP contribution in [0.5, 0.6) is 0 Å². The maximum Gasteiger partial charge on any atom is 0.272 e. The van der Waals surface area contributed by atoms with Crippen LogP contribution in [0.1, 0.15) is 0 Å². The molecular weight excluding hydrogens is 264 g/mol. The number of benzene rings is 1. The zero-order chi connectivity index (χ0) is 12.6. The molecule has 0 amide bonds. The van der Waals surface area contributed by atoms with E-state index in [0.717, 1.165) is 6.26 Å². The van der Waals surface area contributed by atoms with Crippen molar-refractivity contribution in [2.75, 3.05) is 11.0 Å². The highest BCUT2D eigenvalue weighted by Gasteiger charge is 2.07. The fourth-order valence-corrected chi connectivity index (χ4v) is 2.17. The second-order valence-corrected chi connectivity index (χ2v) is 5.80. The summed E-state index contributed by atoms with van der Waals surface area (Å²) < 4.78 is 24.3. The average Bonchev–Trinajstić information content (AvgIpc) is 2.17. The van der Waals surface area contributed by atoms with Crippen LogP contribution in [0.2, 0.25) is 5.02 Å². The molecule has 1 aromatic heterocycles. The Kier molecular flexibility index (Phi) is 2.84. The topological polar surface area (TPSA) is 79.0 Å². The van der Waals surface area contributed by atoms with Gasteiger partial charge in [-0.05, 0) is 18.2 Å². The number of halogens is 1. The normalized spacial score (nSPS) is 11.6. The third kappa shape index (κ3) is 2.78. The van der Waals surface area contributed by atoms with E-state index >= 15 is 0 Å². The van der Waals surface area contributed by atoms with Gasteiger partial charge in [-0.15, -0.1) is 0 Å². The molecule has 1 aromatic carbocycles. The van der Waals surface area contributed by atoms with Crippen LogP contribution >= 0.6 is 11.6 Å². The van der Waals surface area contributed by atoms with Crippen LogP contribution in [0, 0.1) is 0 Å². The second kappa shape index (κ2) is 4.05. The van der Waals surface area contributed by atoms with Crippen molar-refractivity contribution in [3.05, 3.63) is 39.6 Å². The van der Waals surface area contributed by atoms with Gasteiger partial charge in [-0.3, -0.25) is 9.52 Å². The summed E-state index contributed by atoms with van der Waals surface area (Å²) in [7, 11) is -3.47. The number of sulfonamides is 1. The first-order chi connectivity index (χ1) is 7.85. The van der Waals surface area contributed by atoms with E-state index in [1.54, 1.807) is 18.2 Å². The third-order valence-electron chi connectivity index (χ3n) is 2.10. The second-order valence-electron chi connectivity index (χ2n) is 3.62. The molecule has 0 saturated carbocycles. The largest absolute Gasteiger partial charge is 0.320 e. The first kappa shape index (κ1) is 11.9. The Morgan fingerprint density at radius 1 is 1.29 bits per heavy atom. The number of pyridine rings is 1. The summed E-state index contributed by atoms with van der Waals surface area (Å²) in [5, 5.41) is 1.19. The van der Waals surface area contributed by atoms with E-state index in [0.29, 0.717) is 15.9 Å². The van der Waals surface area contributed by atoms with Gasteiger partial charge in [0.15, 0.2) is 0 Å². The van der Waals surface area contributed by atoms with Gasteiger partial charge < -0.3 is 4.98 Å². The Morgan fingerprint density at radius 3 is 2.65 bits per heavy atom. The van der Waals surface area contributed by atoms with Crippen molar-refractivity contribution in [3.63, 3.8) is 0 Å². The van der Waals surface area contributed by atoms with Crippen molar-refractivity contribution in [1.82, 2.24) is 4.98 Å². The van der Waals surface area contributed by atoms with Gasteiger partial charge in [0, 0.05) is 15.9 Å². The van der Waals surface area contributed by atoms with Crippen LogP contribution in [0.4, 0.5) is 5.69 Å². The molecule has 0 bridgehead atoms. The molecule has 0 radical (unpaired) electrons. The van der Waals surface area contributed by atoms with Crippen molar-refractivity contribution in [3.8, 4) is 0 Å². The molecule has 0 atom stereocenters.